The van der Waals surface area contributed by atoms with Crippen LogP contribution in [0.15, 0.2) is 114 Å². The maximum Gasteiger partial charge on any atom is 0.227 e. The molecule has 44 heavy (non-hydrogen) atoms. The van der Waals surface area contributed by atoms with Crippen molar-refractivity contribution in [2.24, 2.45) is 0 Å². The van der Waals surface area contributed by atoms with Gasteiger partial charge in [-0.2, -0.15) is 5.26 Å². The van der Waals surface area contributed by atoms with E-state index in [-0.39, 0.29) is 0 Å². The van der Waals surface area contributed by atoms with Gasteiger partial charge in [0, 0.05) is 18.5 Å². The number of aromatic nitrogens is 3. The van der Waals surface area contributed by atoms with Gasteiger partial charge in [0.15, 0.2) is 5.58 Å². The van der Waals surface area contributed by atoms with Gasteiger partial charge in [-0.15, -0.1) is 0 Å². The van der Waals surface area contributed by atoms with Crippen LogP contribution in [0.3, 0.4) is 0 Å². The molecule has 0 amide bonds. The fourth-order valence-corrected chi connectivity index (χ4v) is 6.03. The summed E-state index contributed by atoms with van der Waals surface area (Å²) in [6, 6.07) is 39.7. The van der Waals surface area contributed by atoms with Gasteiger partial charge in [0.05, 0.1) is 22.7 Å². The molecule has 7 rings (SSSR count). The van der Waals surface area contributed by atoms with Crippen LogP contribution in [0.2, 0.25) is 0 Å². The molecule has 0 aliphatic heterocycles. The molecule has 0 fully saturated rings. The number of fused-ring (bicyclic) bond motifs is 2. The van der Waals surface area contributed by atoms with Crippen LogP contribution in [0, 0.1) is 18.3 Å². The largest absolute Gasteiger partial charge is 0.436 e. The molecule has 0 N–H and O–H groups in total. The van der Waals surface area contributed by atoms with E-state index in [2.05, 4.69) is 85.1 Å². The first-order valence-electron chi connectivity index (χ1n) is 15.1. The predicted molar refractivity (Wildman–Crippen MR) is 176 cm³/mol. The Morgan fingerprint density at radius 2 is 1.55 bits per heavy atom. The number of aryl methyl sites for hydroxylation is 2. The van der Waals surface area contributed by atoms with Gasteiger partial charge in [-0.3, -0.25) is 0 Å². The summed E-state index contributed by atoms with van der Waals surface area (Å²) in [5.74, 6) is 1.64. The minimum atomic E-state index is 0.602. The molecular formula is C39H32N4O. The molecule has 7 aromatic rings. The third-order valence-electron chi connectivity index (χ3n) is 8.18. The summed E-state index contributed by atoms with van der Waals surface area (Å²) in [4.78, 5) is 10.0. The van der Waals surface area contributed by atoms with E-state index >= 15 is 0 Å². The number of rotatable bonds is 8. The number of oxazole rings is 1. The van der Waals surface area contributed by atoms with Crippen molar-refractivity contribution in [2.75, 3.05) is 0 Å². The van der Waals surface area contributed by atoms with E-state index in [0.717, 1.165) is 75.0 Å². The summed E-state index contributed by atoms with van der Waals surface area (Å²) in [5.41, 5.74) is 11.9. The maximum absolute atomic E-state index is 10.0. The van der Waals surface area contributed by atoms with Crippen molar-refractivity contribution in [3.63, 3.8) is 0 Å². The fourth-order valence-electron chi connectivity index (χ4n) is 6.03. The third kappa shape index (κ3) is 5.27. The minimum Gasteiger partial charge on any atom is -0.436 e. The fraction of sp³-hybridized carbons (Fsp3) is 0.154. The molecular weight excluding hydrogens is 540 g/mol. The number of hydrogen-bond donors (Lipinski definition) is 0. The van der Waals surface area contributed by atoms with E-state index in [1.165, 1.54) is 11.1 Å². The Morgan fingerprint density at radius 3 is 2.32 bits per heavy atom. The van der Waals surface area contributed by atoms with Crippen LogP contribution in [0.5, 0.6) is 0 Å². The standard InChI is InChI=1S/C39H32N4O/c1-3-10-37-42-38-26(2)19-31(39-41-34-22-28(16-18-36(34)44-39)20-27-11-6-4-7-12-27)23-35(38)43(37)25-29-15-17-33(32(21-29)24-40)30-13-8-5-9-14-30/h4-9,11-19,21-23H,3,10,20,25H2,1-2H3. The highest BCUT2D eigenvalue weighted by Crippen LogP contribution is 2.32. The van der Waals surface area contributed by atoms with E-state index < -0.39 is 0 Å². The maximum atomic E-state index is 10.0. The van der Waals surface area contributed by atoms with Crippen LogP contribution < -0.4 is 0 Å². The lowest BCUT2D eigenvalue weighted by atomic mass is 9.98. The Hall–Kier alpha value is -5.47. The summed E-state index contributed by atoms with van der Waals surface area (Å²) < 4.78 is 8.57. The Balaban J connectivity index is 1.26. The second kappa shape index (κ2) is 11.7. The highest BCUT2D eigenvalue weighted by Gasteiger charge is 2.18. The first kappa shape index (κ1) is 27.4. The molecule has 0 bridgehead atoms. The van der Waals surface area contributed by atoms with Gasteiger partial charge in [0.25, 0.3) is 0 Å². The lowest BCUT2D eigenvalue weighted by Crippen LogP contribution is -2.06. The van der Waals surface area contributed by atoms with Crippen LogP contribution in [-0.2, 0) is 19.4 Å². The number of hydrogen-bond acceptors (Lipinski definition) is 4. The molecule has 0 saturated heterocycles. The molecule has 0 atom stereocenters. The Labute approximate surface area is 257 Å². The zero-order valence-corrected chi connectivity index (χ0v) is 24.9. The Morgan fingerprint density at radius 1 is 0.773 bits per heavy atom. The van der Waals surface area contributed by atoms with Gasteiger partial charge >= 0.3 is 0 Å². The number of nitrogens with zero attached hydrogens (tertiary/aromatic N) is 4. The molecule has 0 aliphatic carbocycles. The molecule has 2 heterocycles. The molecule has 214 valence electrons. The van der Waals surface area contributed by atoms with E-state index in [4.69, 9.17) is 14.4 Å². The molecule has 0 unspecified atom stereocenters. The zero-order chi connectivity index (χ0) is 30.0. The second-order valence-corrected chi connectivity index (χ2v) is 11.4. The molecule has 5 aromatic carbocycles. The van der Waals surface area contributed by atoms with Crippen molar-refractivity contribution in [2.45, 2.75) is 39.7 Å². The number of nitriles is 1. The molecule has 5 nitrogen and oxygen atoms in total. The van der Waals surface area contributed by atoms with Gasteiger partial charge in [-0.1, -0.05) is 85.8 Å². The number of imidazole rings is 1. The first-order valence-corrected chi connectivity index (χ1v) is 15.1. The number of benzene rings is 5. The molecule has 2 aromatic heterocycles. The summed E-state index contributed by atoms with van der Waals surface area (Å²) in [7, 11) is 0. The van der Waals surface area contributed by atoms with Gasteiger partial charge in [0.1, 0.15) is 11.3 Å². The SMILES string of the molecule is CCCc1nc2c(C)cc(-c3nc4cc(Cc5ccccc5)ccc4o3)cc2n1Cc1ccc(-c2ccccc2)c(C#N)c1. The quantitative estimate of drug-likeness (QED) is 0.182. The van der Waals surface area contributed by atoms with E-state index in [1.54, 1.807) is 0 Å². The lowest BCUT2D eigenvalue weighted by Gasteiger charge is -2.12. The van der Waals surface area contributed by atoms with Crippen LogP contribution in [0.1, 0.15) is 47.0 Å². The van der Waals surface area contributed by atoms with Crippen LogP contribution in [0.4, 0.5) is 0 Å². The first-order chi connectivity index (χ1) is 21.6. The van der Waals surface area contributed by atoms with Crippen molar-refractivity contribution in [1.29, 1.82) is 5.26 Å². The average Bonchev–Trinajstić information content (AvgIpc) is 3.63. The van der Waals surface area contributed by atoms with Crippen molar-refractivity contribution in [1.82, 2.24) is 14.5 Å². The lowest BCUT2D eigenvalue weighted by molar-refractivity contribution is 0.619. The molecule has 0 radical (unpaired) electrons. The Kier molecular flexibility index (Phi) is 7.25. The van der Waals surface area contributed by atoms with Gasteiger partial charge in [-0.25, -0.2) is 9.97 Å². The summed E-state index contributed by atoms with van der Waals surface area (Å²) in [6.07, 6.45) is 2.70. The monoisotopic (exact) mass is 572 g/mol. The van der Waals surface area contributed by atoms with Crippen molar-refractivity contribution >= 4 is 22.1 Å². The smallest absolute Gasteiger partial charge is 0.227 e. The predicted octanol–water partition coefficient (Wildman–Crippen LogP) is 9.28. The highest BCUT2D eigenvalue weighted by atomic mass is 16.3. The topological polar surface area (TPSA) is 67.6 Å². The second-order valence-electron chi connectivity index (χ2n) is 11.4. The van der Waals surface area contributed by atoms with Gasteiger partial charge < -0.3 is 8.98 Å². The van der Waals surface area contributed by atoms with E-state index in [0.29, 0.717) is 18.0 Å². The van der Waals surface area contributed by atoms with E-state index in [1.807, 2.05) is 48.5 Å². The van der Waals surface area contributed by atoms with Crippen molar-refractivity contribution in [3.8, 4) is 28.7 Å². The normalized spacial score (nSPS) is 11.3. The van der Waals surface area contributed by atoms with Crippen LogP contribution >= 0.6 is 0 Å². The summed E-state index contributed by atoms with van der Waals surface area (Å²) in [6.45, 7) is 4.89. The van der Waals surface area contributed by atoms with Gasteiger partial charge in [0.2, 0.25) is 5.89 Å². The summed E-state index contributed by atoms with van der Waals surface area (Å²) >= 11 is 0. The van der Waals surface area contributed by atoms with Crippen LogP contribution in [-0.4, -0.2) is 14.5 Å². The van der Waals surface area contributed by atoms with Gasteiger partial charge in [-0.05, 0) is 83.5 Å². The average molecular weight is 573 g/mol. The van der Waals surface area contributed by atoms with Crippen molar-refractivity contribution < 1.29 is 4.42 Å². The molecule has 0 spiro atoms. The molecule has 5 heteroatoms. The highest BCUT2D eigenvalue weighted by molar-refractivity contribution is 5.86. The molecule has 0 saturated carbocycles. The minimum absolute atomic E-state index is 0.602. The van der Waals surface area contributed by atoms with Crippen molar-refractivity contribution in [3.05, 3.63) is 143 Å². The van der Waals surface area contributed by atoms with Crippen LogP contribution in [0.25, 0.3) is 44.7 Å². The summed E-state index contributed by atoms with van der Waals surface area (Å²) in [5, 5.41) is 10.0. The zero-order valence-electron chi connectivity index (χ0n) is 24.9. The Bertz CT molecular complexity index is 2150. The third-order valence-corrected chi connectivity index (χ3v) is 8.18. The molecule has 0 aliphatic rings. The van der Waals surface area contributed by atoms with E-state index in [9.17, 15) is 5.26 Å².